The van der Waals surface area contributed by atoms with E-state index in [-0.39, 0.29) is 36.1 Å². The second-order valence-corrected chi connectivity index (χ2v) is 13.2. The molecule has 2 fully saturated rings. The monoisotopic (exact) mass is 743 g/mol. The molecular formula is C35H33ClF3N5O6S. The third-order valence-electron chi connectivity index (χ3n) is 8.00. The van der Waals surface area contributed by atoms with Gasteiger partial charge in [-0.2, -0.15) is 30.0 Å². The van der Waals surface area contributed by atoms with E-state index < -0.39 is 46.4 Å². The first-order valence-corrected chi connectivity index (χ1v) is 17.6. The van der Waals surface area contributed by atoms with Crippen molar-refractivity contribution < 1.29 is 42.0 Å². The molecule has 16 heteroatoms. The van der Waals surface area contributed by atoms with Crippen molar-refractivity contribution in [2.75, 3.05) is 29.1 Å². The molecule has 2 heterocycles. The lowest BCUT2D eigenvalue weighted by atomic mass is 10.1. The van der Waals surface area contributed by atoms with Gasteiger partial charge in [0.15, 0.2) is 0 Å². The van der Waals surface area contributed by atoms with Crippen LogP contribution in [0.2, 0.25) is 5.02 Å². The van der Waals surface area contributed by atoms with Crippen molar-refractivity contribution in [2.24, 2.45) is 5.10 Å². The zero-order chi connectivity index (χ0) is 36.5. The Hall–Kier alpha value is -4.89. The fourth-order valence-corrected chi connectivity index (χ4v) is 6.49. The van der Waals surface area contributed by atoms with Gasteiger partial charge in [-0.3, -0.25) is 19.2 Å². The van der Waals surface area contributed by atoms with Gasteiger partial charge in [0.25, 0.3) is 23.6 Å². The Morgan fingerprint density at radius 3 is 2.41 bits per heavy atom. The molecule has 2 N–H and O–H groups in total. The van der Waals surface area contributed by atoms with Crippen molar-refractivity contribution in [3.63, 3.8) is 0 Å². The highest BCUT2D eigenvalue weighted by atomic mass is 35.5. The van der Waals surface area contributed by atoms with E-state index in [0.29, 0.717) is 22.1 Å². The zero-order valence-electron chi connectivity index (χ0n) is 27.1. The number of thioether (sulfide) groups is 1. The lowest BCUT2D eigenvalue weighted by molar-refractivity contribution is -0.197. The van der Waals surface area contributed by atoms with Crippen molar-refractivity contribution in [3.8, 4) is 0 Å². The van der Waals surface area contributed by atoms with E-state index >= 15 is 0 Å². The minimum absolute atomic E-state index is 0.0144. The molecule has 0 aromatic heterocycles. The predicted molar refractivity (Wildman–Crippen MR) is 186 cm³/mol. The first-order chi connectivity index (χ1) is 24.4. The Morgan fingerprint density at radius 2 is 1.69 bits per heavy atom. The van der Waals surface area contributed by atoms with Gasteiger partial charge in [0.2, 0.25) is 0 Å². The summed E-state index contributed by atoms with van der Waals surface area (Å²) in [6, 6.07) is 15.1. The number of hydrazone groups is 1. The van der Waals surface area contributed by atoms with E-state index in [1.54, 1.807) is 36.4 Å². The molecule has 0 saturated carbocycles. The van der Waals surface area contributed by atoms with Crippen molar-refractivity contribution in [1.29, 1.82) is 0 Å². The Balaban J connectivity index is 1.24. The smallest absolute Gasteiger partial charge is 0.372 e. The van der Waals surface area contributed by atoms with Crippen LogP contribution in [0.15, 0.2) is 65.8 Å². The van der Waals surface area contributed by atoms with Gasteiger partial charge in [0.1, 0.15) is 0 Å². The number of nitrogens with zero attached hydrogens (tertiary/aromatic N) is 3. The Bertz CT molecular complexity index is 1830. The van der Waals surface area contributed by atoms with E-state index in [4.69, 9.17) is 16.4 Å². The van der Waals surface area contributed by atoms with Crippen LogP contribution >= 0.6 is 23.4 Å². The van der Waals surface area contributed by atoms with Gasteiger partial charge in [-0.15, -0.1) is 5.06 Å². The zero-order valence-corrected chi connectivity index (χ0v) is 28.7. The van der Waals surface area contributed by atoms with Crippen molar-refractivity contribution in [2.45, 2.75) is 50.5 Å². The summed E-state index contributed by atoms with van der Waals surface area (Å²) in [5, 5.41) is 6.70. The molecule has 0 aliphatic carbocycles. The number of halogens is 4. The van der Waals surface area contributed by atoms with Crippen LogP contribution < -0.4 is 15.6 Å². The van der Waals surface area contributed by atoms with E-state index in [1.165, 1.54) is 17.8 Å². The number of hydroxylamine groups is 2. The summed E-state index contributed by atoms with van der Waals surface area (Å²) in [4.78, 5) is 69.1. The van der Waals surface area contributed by atoms with Gasteiger partial charge >= 0.3 is 12.1 Å². The average Bonchev–Trinajstić information content (AvgIpc) is 3.43. The number of carbonyl (C=O) groups excluding carboxylic acids is 5. The number of amides is 4. The molecule has 2 aliphatic rings. The van der Waals surface area contributed by atoms with Crippen molar-refractivity contribution >= 4 is 70.6 Å². The summed E-state index contributed by atoms with van der Waals surface area (Å²) in [5.74, 6) is -2.17. The molecule has 0 spiro atoms. The topological polar surface area (TPSA) is 137 Å². The molecule has 51 heavy (non-hydrogen) atoms. The molecule has 2 aliphatic heterocycles. The SMILES string of the molecule is O=C(CCSCc1cccc(C(=O)Nc2ccc(N3CCCCC3)cc2C(=O)N/N=C/c2ccc(Cl)c(C(F)(F)F)c2)c1)ON1C(=O)CCC1=O. The van der Waals surface area contributed by atoms with Gasteiger partial charge in [0.05, 0.1) is 34.5 Å². The van der Waals surface area contributed by atoms with Crippen LogP contribution in [0.5, 0.6) is 0 Å². The van der Waals surface area contributed by atoms with Crippen LogP contribution in [0.25, 0.3) is 0 Å². The second kappa shape index (κ2) is 16.9. The minimum atomic E-state index is -4.67. The van der Waals surface area contributed by atoms with E-state index in [1.807, 2.05) is 6.07 Å². The maximum atomic E-state index is 13.4. The van der Waals surface area contributed by atoms with E-state index in [9.17, 15) is 37.1 Å². The van der Waals surface area contributed by atoms with Crippen molar-refractivity contribution in [1.82, 2.24) is 10.5 Å². The fraction of sp³-hybridized carbons (Fsp3) is 0.314. The summed E-state index contributed by atoms with van der Waals surface area (Å²) in [7, 11) is 0. The molecule has 3 aromatic rings. The molecule has 4 amide bonds. The number of alkyl halides is 3. The Morgan fingerprint density at radius 1 is 0.941 bits per heavy atom. The molecule has 0 atom stereocenters. The third kappa shape index (κ3) is 10.1. The first kappa shape index (κ1) is 37.4. The lowest BCUT2D eigenvalue weighted by Gasteiger charge is -2.29. The second-order valence-electron chi connectivity index (χ2n) is 11.7. The van der Waals surface area contributed by atoms with E-state index in [2.05, 4.69) is 20.7 Å². The quantitative estimate of drug-likeness (QED) is 0.0917. The van der Waals surface area contributed by atoms with Crippen LogP contribution in [0, 0.1) is 0 Å². The summed E-state index contributed by atoms with van der Waals surface area (Å²) in [6.07, 6.45) is -0.520. The molecule has 268 valence electrons. The lowest BCUT2D eigenvalue weighted by Crippen LogP contribution is -2.32. The minimum Gasteiger partial charge on any atom is -0.372 e. The largest absolute Gasteiger partial charge is 0.417 e. The molecular weight excluding hydrogens is 711 g/mol. The maximum Gasteiger partial charge on any atom is 0.417 e. The number of hydrogen-bond donors (Lipinski definition) is 2. The molecule has 0 radical (unpaired) electrons. The van der Waals surface area contributed by atoms with Crippen LogP contribution in [-0.4, -0.2) is 59.7 Å². The van der Waals surface area contributed by atoms with Gasteiger partial charge in [-0.05, 0) is 72.9 Å². The first-order valence-electron chi connectivity index (χ1n) is 16.0. The molecule has 0 unspecified atom stereocenters. The summed E-state index contributed by atoms with van der Waals surface area (Å²) in [6.45, 7) is 1.60. The number of piperidine rings is 1. The molecule has 11 nitrogen and oxygen atoms in total. The van der Waals surface area contributed by atoms with Crippen LogP contribution in [-0.2, 0) is 31.2 Å². The average molecular weight is 744 g/mol. The number of imide groups is 1. The standard InChI is InChI=1S/C35H33ClF3N5O6S/c36-28-9-7-22(18-27(28)35(37,38)39)20-40-42-34(49)26-19-25(43-14-2-1-3-15-43)8-10-29(26)41-33(48)24-6-4-5-23(17-24)21-51-16-13-32(47)50-44-30(45)11-12-31(44)46/h4-10,17-20H,1-3,11-16,21H2,(H,41,48)(H,42,49)/b40-20+. The summed E-state index contributed by atoms with van der Waals surface area (Å²) >= 11 is 7.09. The normalized spacial score (nSPS) is 15.0. The number of benzene rings is 3. The van der Waals surface area contributed by atoms with Crippen LogP contribution in [0.4, 0.5) is 24.5 Å². The van der Waals surface area contributed by atoms with Gasteiger partial charge in [0, 0.05) is 48.7 Å². The van der Waals surface area contributed by atoms with Gasteiger partial charge in [-0.25, -0.2) is 10.2 Å². The third-order valence-corrected chi connectivity index (χ3v) is 9.36. The Labute approximate surface area is 300 Å². The Kier molecular flexibility index (Phi) is 12.4. The van der Waals surface area contributed by atoms with E-state index in [0.717, 1.165) is 62.0 Å². The van der Waals surface area contributed by atoms with Gasteiger partial charge in [-0.1, -0.05) is 29.8 Å². The highest BCUT2D eigenvalue weighted by Crippen LogP contribution is 2.35. The predicted octanol–water partition coefficient (Wildman–Crippen LogP) is 6.60. The number of nitrogens with one attached hydrogen (secondary N) is 2. The molecule has 0 bridgehead atoms. The number of anilines is 2. The fourth-order valence-electron chi connectivity index (χ4n) is 5.39. The molecule has 3 aromatic carbocycles. The highest BCUT2D eigenvalue weighted by Gasteiger charge is 2.34. The van der Waals surface area contributed by atoms with Gasteiger partial charge < -0.3 is 15.1 Å². The summed E-state index contributed by atoms with van der Waals surface area (Å²) in [5.41, 5.74) is 3.56. The molecule has 5 rings (SSSR count). The van der Waals surface area contributed by atoms with Crippen LogP contribution in [0.3, 0.4) is 0 Å². The van der Waals surface area contributed by atoms with Crippen molar-refractivity contribution in [3.05, 3.63) is 93.5 Å². The summed E-state index contributed by atoms with van der Waals surface area (Å²) < 4.78 is 39.9. The number of hydrogen-bond acceptors (Lipinski definition) is 9. The van der Waals surface area contributed by atoms with Crippen LogP contribution in [0.1, 0.15) is 75.9 Å². The number of rotatable bonds is 12. The highest BCUT2D eigenvalue weighted by molar-refractivity contribution is 7.98. The maximum absolute atomic E-state index is 13.4. The molecule has 2 saturated heterocycles. The number of carbonyl (C=O) groups is 5.